The van der Waals surface area contributed by atoms with Crippen molar-refractivity contribution < 1.29 is 17.4 Å². The lowest BCUT2D eigenvalue weighted by molar-refractivity contribution is -0.153. The maximum absolute atomic E-state index is 12.4. The molecule has 0 heterocycles. The number of benzene rings is 1. The average molecular weight is 316 g/mol. The van der Waals surface area contributed by atoms with E-state index >= 15 is 0 Å². The summed E-state index contributed by atoms with van der Waals surface area (Å²) in [4.78, 5) is -0.0784. The summed E-state index contributed by atoms with van der Waals surface area (Å²) in [6, 6.07) is 5.30. The largest absolute Gasteiger partial charge is 0.405 e. The fourth-order valence-corrected chi connectivity index (χ4v) is 3.36. The average Bonchev–Trinajstić information content (AvgIpc) is 2.24. The number of nitrogens with zero attached hydrogens (tertiary/aromatic N) is 1. The highest BCUT2D eigenvalue weighted by molar-refractivity contribution is 7.85. The molecule has 1 aromatic carbocycles. The molecule has 2 nitrogen and oxygen atoms in total. The molecule has 0 saturated carbocycles. The van der Waals surface area contributed by atoms with Crippen LogP contribution in [0, 0.1) is 17.2 Å². The Morgan fingerprint density at radius 1 is 1.33 bits per heavy atom. The van der Waals surface area contributed by atoms with Gasteiger partial charge in [-0.3, -0.25) is 4.21 Å². The molecule has 18 heavy (non-hydrogen) atoms. The van der Waals surface area contributed by atoms with Crippen molar-refractivity contribution in [3.8, 4) is 6.07 Å². The molecule has 0 aromatic heterocycles. The van der Waals surface area contributed by atoms with Crippen LogP contribution < -0.4 is 0 Å². The van der Waals surface area contributed by atoms with Gasteiger partial charge in [-0.2, -0.15) is 18.4 Å². The van der Waals surface area contributed by atoms with Crippen LogP contribution in [-0.4, -0.2) is 16.1 Å². The van der Waals surface area contributed by atoms with E-state index in [0.717, 1.165) is 6.07 Å². The third kappa shape index (κ3) is 3.61. The highest BCUT2D eigenvalue weighted by Crippen LogP contribution is 2.32. The lowest BCUT2D eigenvalue weighted by Gasteiger charge is -2.13. The molecule has 0 N–H and O–H groups in total. The van der Waals surface area contributed by atoms with E-state index in [0.29, 0.717) is 0 Å². The number of nitriles is 1. The molecule has 0 radical (unpaired) electrons. The summed E-state index contributed by atoms with van der Waals surface area (Å²) >= 11 is 11.4. The normalized spacial score (nSPS) is 14.9. The molecule has 0 aliphatic heterocycles. The van der Waals surface area contributed by atoms with E-state index in [4.69, 9.17) is 28.5 Å². The molecule has 0 aliphatic rings. The zero-order valence-corrected chi connectivity index (χ0v) is 11.0. The van der Waals surface area contributed by atoms with E-state index in [1.807, 2.05) is 0 Å². The van der Waals surface area contributed by atoms with Crippen LogP contribution >= 0.6 is 23.2 Å². The molecule has 0 bridgehead atoms. The molecule has 0 spiro atoms. The maximum Gasteiger partial charge on any atom is 0.405 e. The molecule has 2 unspecified atom stereocenters. The predicted molar refractivity (Wildman–Crippen MR) is 62.9 cm³/mol. The minimum atomic E-state index is -4.72. The van der Waals surface area contributed by atoms with Crippen LogP contribution in [0.5, 0.6) is 0 Å². The summed E-state index contributed by atoms with van der Waals surface area (Å²) in [7, 11) is -2.09. The molecule has 0 amide bonds. The van der Waals surface area contributed by atoms with Crippen LogP contribution in [0.25, 0.3) is 0 Å². The summed E-state index contributed by atoms with van der Waals surface area (Å²) in [5, 5.41) is 8.45. The van der Waals surface area contributed by atoms with Gasteiger partial charge in [-0.05, 0) is 12.1 Å². The second-order valence-electron chi connectivity index (χ2n) is 3.29. The number of hydrogen-bond acceptors (Lipinski definition) is 2. The van der Waals surface area contributed by atoms with Gasteiger partial charge in [0.05, 0.1) is 37.6 Å². The lowest BCUT2D eigenvalue weighted by atomic mass is 10.2. The van der Waals surface area contributed by atoms with Crippen LogP contribution in [-0.2, 0) is 10.8 Å². The predicted octanol–water partition coefficient (Wildman–Crippen LogP) is 3.80. The second-order valence-corrected chi connectivity index (χ2v) is 5.53. The highest BCUT2D eigenvalue weighted by Gasteiger charge is 2.41. The van der Waals surface area contributed by atoms with E-state index in [1.54, 1.807) is 0 Å². The number of rotatable bonds is 3. The van der Waals surface area contributed by atoms with Gasteiger partial charge in [0, 0.05) is 0 Å². The van der Waals surface area contributed by atoms with E-state index in [-0.39, 0.29) is 14.9 Å². The summed E-state index contributed by atoms with van der Waals surface area (Å²) in [5.74, 6) is -3.20. The molecule has 0 saturated heterocycles. The Kier molecular flexibility index (Phi) is 5.02. The molecule has 1 aromatic rings. The lowest BCUT2D eigenvalue weighted by Crippen LogP contribution is -2.26. The van der Waals surface area contributed by atoms with Gasteiger partial charge >= 0.3 is 6.18 Å². The summed E-state index contributed by atoms with van der Waals surface area (Å²) in [5.41, 5.74) is 0. The Hall–Kier alpha value is -0.770. The van der Waals surface area contributed by atoms with Crippen molar-refractivity contribution in [1.82, 2.24) is 0 Å². The molecule has 98 valence electrons. The topological polar surface area (TPSA) is 40.9 Å². The van der Waals surface area contributed by atoms with Crippen LogP contribution in [0.2, 0.25) is 10.0 Å². The van der Waals surface area contributed by atoms with Crippen molar-refractivity contribution >= 4 is 34.0 Å². The van der Waals surface area contributed by atoms with Crippen LogP contribution in [0.4, 0.5) is 13.2 Å². The van der Waals surface area contributed by atoms with Gasteiger partial charge in [-0.15, -0.1) is 0 Å². The van der Waals surface area contributed by atoms with Crippen molar-refractivity contribution in [2.24, 2.45) is 5.92 Å². The van der Waals surface area contributed by atoms with Gasteiger partial charge in [-0.1, -0.05) is 29.3 Å². The van der Waals surface area contributed by atoms with Crippen molar-refractivity contribution in [2.45, 2.75) is 11.1 Å². The Balaban J connectivity index is 3.00. The first-order valence-electron chi connectivity index (χ1n) is 4.56. The van der Waals surface area contributed by atoms with Crippen LogP contribution in [0.1, 0.15) is 0 Å². The monoisotopic (exact) mass is 315 g/mol. The van der Waals surface area contributed by atoms with Gasteiger partial charge in [0.1, 0.15) is 0 Å². The zero-order valence-electron chi connectivity index (χ0n) is 8.67. The molecule has 0 fully saturated rings. The van der Waals surface area contributed by atoms with Crippen molar-refractivity contribution in [3.05, 3.63) is 28.2 Å². The molecule has 2 atom stereocenters. The quantitative estimate of drug-likeness (QED) is 0.851. The van der Waals surface area contributed by atoms with Crippen molar-refractivity contribution in [3.63, 3.8) is 0 Å². The number of alkyl halides is 3. The smallest absolute Gasteiger partial charge is 0.254 e. The Labute approximate surface area is 114 Å². The van der Waals surface area contributed by atoms with Gasteiger partial charge in [0.2, 0.25) is 0 Å². The molecular formula is C10H6Cl2F3NOS. The van der Waals surface area contributed by atoms with Gasteiger partial charge < -0.3 is 0 Å². The molecule has 1 rings (SSSR count). The SMILES string of the molecule is N#CC(CS(=O)c1c(Cl)cccc1Cl)C(F)(F)F. The third-order valence-corrected chi connectivity index (χ3v) is 4.40. The Bertz CT molecular complexity index is 493. The summed E-state index contributed by atoms with van der Waals surface area (Å²) in [6.45, 7) is 0. The number of hydrogen-bond donors (Lipinski definition) is 0. The Morgan fingerprint density at radius 3 is 2.22 bits per heavy atom. The molecular weight excluding hydrogens is 310 g/mol. The summed E-state index contributed by atoms with van der Waals surface area (Å²) < 4.78 is 48.9. The third-order valence-electron chi connectivity index (χ3n) is 2.02. The van der Waals surface area contributed by atoms with E-state index in [9.17, 15) is 17.4 Å². The molecule has 8 heteroatoms. The van der Waals surface area contributed by atoms with Crippen molar-refractivity contribution in [2.75, 3.05) is 5.75 Å². The minimum absolute atomic E-state index is 0.0136. The number of halogens is 5. The first-order valence-corrected chi connectivity index (χ1v) is 6.63. The minimum Gasteiger partial charge on any atom is -0.254 e. The standard InChI is InChI=1S/C10H6Cl2F3NOS/c11-7-2-1-3-8(12)9(7)18(17)5-6(4-16)10(13,14)15/h1-3,6H,5H2. The fraction of sp³-hybridized carbons (Fsp3) is 0.300. The molecule has 0 aliphatic carbocycles. The van der Waals surface area contributed by atoms with Crippen molar-refractivity contribution in [1.29, 1.82) is 5.26 Å². The first kappa shape index (κ1) is 15.3. The van der Waals surface area contributed by atoms with Gasteiger partial charge in [0.15, 0.2) is 5.92 Å². The first-order chi connectivity index (χ1) is 8.27. The van der Waals surface area contributed by atoms with E-state index in [1.165, 1.54) is 18.2 Å². The van der Waals surface area contributed by atoms with Crippen LogP contribution in [0.3, 0.4) is 0 Å². The fourth-order valence-electron chi connectivity index (χ4n) is 1.14. The van der Waals surface area contributed by atoms with E-state index in [2.05, 4.69) is 0 Å². The second kappa shape index (κ2) is 5.91. The summed E-state index contributed by atoms with van der Waals surface area (Å²) in [6.07, 6.45) is -4.72. The zero-order chi connectivity index (χ0) is 13.9. The van der Waals surface area contributed by atoms with E-state index < -0.39 is 28.6 Å². The maximum atomic E-state index is 12.4. The highest BCUT2D eigenvalue weighted by atomic mass is 35.5. The van der Waals surface area contributed by atoms with Gasteiger partial charge in [0.25, 0.3) is 0 Å². The van der Waals surface area contributed by atoms with Crippen LogP contribution in [0.15, 0.2) is 23.1 Å². The van der Waals surface area contributed by atoms with Gasteiger partial charge in [-0.25, -0.2) is 0 Å². The Morgan fingerprint density at radius 2 is 1.83 bits per heavy atom.